The van der Waals surface area contributed by atoms with Gasteiger partial charge in [-0.25, -0.2) is 0 Å². The number of carbonyl (C=O) groups is 5. The Morgan fingerprint density at radius 3 is 1.17 bits per heavy atom. The third kappa shape index (κ3) is 15.3. The second kappa shape index (κ2) is 17.9. The van der Waals surface area contributed by atoms with Crippen molar-refractivity contribution in [2.45, 2.75) is 6.92 Å². The fourth-order valence-corrected chi connectivity index (χ4v) is 3.59. The molecule has 15 heteroatoms. The molecule has 0 spiro atoms. The normalized spacial score (nSPS) is 17.4. The van der Waals surface area contributed by atoms with E-state index in [2.05, 4.69) is 0 Å². The van der Waals surface area contributed by atoms with E-state index in [-0.39, 0.29) is 105 Å². The fourth-order valence-electron chi connectivity index (χ4n) is 3.59. The average Bonchev–Trinajstić information content (AvgIpc) is 2.72. The van der Waals surface area contributed by atoms with Gasteiger partial charge in [-0.2, -0.15) is 0 Å². The molecule has 0 aliphatic carbocycles. The maximum absolute atomic E-state index is 12.6. The Bertz CT molecular complexity index is 695. The molecule has 1 aliphatic heterocycles. The molecular formula is C20H32GdN5O9. The second-order valence-corrected chi connectivity index (χ2v) is 8.02. The Labute approximate surface area is 236 Å². The van der Waals surface area contributed by atoms with Gasteiger partial charge in [-0.3, -0.25) is 29.2 Å². The van der Waals surface area contributed by atoms with Crippen LogP contribution in [0, 0.1) is 39.9 Å². The van der Waals surface area contributed by atoms with Gasteiger partial charge in [-0.05, 0) is 6.92 Å². The van der Waals surface area contributed by atoms with Gasteiger partial charge in [0.05, 0.1) is 24.5 Å². The van der Waals surface area contributed by atoms with E-state index in [1.807, 2.05) is 0 Å². The van der Waals surface area contributed by atoms with Crippen LogP contribution in [0.5, 0.6) is 0 Å². The van der Waals surface area contributed by atoms with Crippen molar-refractivity contribution in [2.24, 2.45) is 0 Å². The number of aliphatic carboxylic acids is 4. The van der Waals surface area contributed by atoms with Gasteiger partial charge >= 0.3 is 45.9 Å². The van der Waals surface area contributed by atoms with Crippen molar-refractivity contribution in [3.63, 3.8) is 0 Å². The van der Waals surface area contributed by atoms with Crippen molar-refractivity contribution in [3.8, 4) is 0 Å². The Kier molecular flexibility index (Phi) is 17.1. The fraction of sp³-hybridized carbons (Fsp3) is 0.750. The molecule has 1 radical (unpaired) electrons. The van der Waals surface area contributed by atoms with Crippen LogP contribution in [0.1, 0.15) is 6.92 Å². The number of rotatable bonds is 11. The standard InChI is InChI=1S/C20H35N5O9.Gd/c1-2-25(15-20(33)34)16(26)11-21-3-5-22(12-17(27)28)7-9-24(14-19(31)32)10-8-23(6-4-21)13-18(29)30;/h2-15H2,1H3,(H,27,28)(H,29,30)(H,31,32)(H,33,34);/q;+3/p-3. The molecule has 0 saturated carbocycles. The van der Waals surface area contributed by atoms with Crippen LogP contribution < -0.4 is 15.3 Å². The summed E-state index contributed by atoms with van der Waals surface area (Å²) >= 11 is 0. The first-order valence-electron chi connectivity index (χ1n) is 11.0. The number of carboxylic acids is 4. The van der Waals surface area contributed by atoms with Crippen LogP contribution in [-0.2, 0) is 24.0 Å². The van der Waals surface area contributed by atoms with E-state index in [0.29, 0.717) is 0 Å². The van der Waals surface area contributed by atoms with Gasteiger partial charge < -0.3 is 39.7 Å². The minimum absolute atomic E-state index is 0. The maximum atomic E-state index is 12.6. The summed E-state index contributed by atoms with van der Waals surface area (Å²) in [6.45, 7) is 1.78. The third-order valence-corrected chi connectivity index (χ3v) is 5.41. The third-order valence-electron chi connectivity index (χ3n) is 5.41. The summed E-state index contributed by atoms with van der Waals surface area (Å²) in [5.41, 5.74) is 0. The molecule has 0 bridgehead atoms. The zero-order chi connectivity index (χ0) is 25.7. The SMILES string of the molecule is CCN(CC(=O)O)C(=O)CN1CCN(CC(=O)[O-])CCN(CC(=O)[O-])CCN(CC(=O)[O-])CC1.[Gd+3]. The van der Waals surface area contributed by atoms with Gasteiger partial charge in [-0.15, -0.1) is 0 Å². The molecule has 1 rings (SSSR count). The predicted molar refractivity (Wildman–Crippen MR) is 111 cm³/mol. The minimum atomic E-state index is -1.31. The summed E-state index contributed by atoms with van der Waals surface area (Å²) < 4.78 is 0. The number of hydrogen-bond donors (Lipinski definition) is 1. The van der Waals surface area contributed by atoms with Gasteiger partial charge in [0, 0.05) is 78.5 Å². The quantitative estimate of drug-likeness (QED) is 0.224. The molecule has 1 N–H and O–H groups in total. The molecule has 35 heavy (non-hydrogen) atoms. The number of hydrogen-bond acceptors (Lipinski definition) is 12. The van der Waals surface area contributed by atoms with Gasteiger partial charge in [0.25, 0.3) is 0 Å². The smallest absolute Gasteiger partial charge is 0.549 e. The van der Waals surface area contributed by atoms with E-state index in [9.17, 15) is 39.3 Å². The van der Waals surface area contributed by atoms with Gasteiger partial charge in [0.15, 0.2) is 0 Å². The van der Waals surface area contributed by atoms with Crippen LogP contribution >= 0.6 is 0 Å². The van der Waals surface area contributed by atoms with Gasteiger partial charge in [-0.1, -0.05) is 0 Å². The van der Waals surface area contributed by atoms with Crippen LogP contribution in [0.15, 0.2) is 0 Å². The molecule has 14 nitrogen and oxygen atoms in total. The van der Waals surface area contributed by atoms with Gasteiger partial charge in [0.2, 0.25) is 5.91 Å². The summed E-state index contributed by atoms with van der Waals surface area (Å²) in [5.74, 6) is -5.49. The molecule has 0 unspecified atom stereocenters. The first-order valence-corrected chi connectivity index (χ1v) is 11.0. The van der Waals surface area contributed by atoms with Crippen LogP contribution in [-0.4, -0.2) is 151 Å². The van der Waals surface area contributed by atoms with Crippen molar-refractivity contribution < 1.29 is 84.3 Å². The van der Waals surface area contributed by atoms with E-state index in [1.54, 1.807) is 21.6 Å². The van der Waals surface area contributed by atoms with E-state index < -0.39 is 56.0 Å². The van der Waals surface area contributed by atoms with E-state index in [0.717, 1.165) is 0 Å². The van der Waals surface area contributed by atoms with Crippen molar-refractivity contribution in [2.75, 3.05) is 91.6 Å². The van der Waals surface area contributed by atoms with Crippen molar-refractivity contribution in [3.05, 3.63) is 0 Å². The van der Waals surface area contributed by atoms with E-state index in [4.69, 9.17) is 5.11 Å². The largest absolute Gasteiger partial charge is 3.00 e. The first kappa shape index (κ1) is 33.5. The predicted octanol–water partition coefficient (Wildman–Crippen LogP) is -6.61. The van der Waals surface area contributed by atoms with Crippen LogP contribution in [0.2, 0.25) is 0 Å². The molecule has 0 aromatic carbocycles. The Morgan fingerprint density at radius 2 is 0.943 bits per heavy atom. The van der Waals surface area contributed by atoms with Crippen molar-refractivity contribution in [1.82, 2.24) is 24.5 Å². The molecule has 1 fully saturated rings. The summed E-state index contributed by atoms with van der Waals surface area (Å²) in [7, 11) is 0. The summed E-state index contributed by atoms with van der Waals surface area (Å²) in [5, 5.41) is 42.4. The van der Waals surface area contributed by atoms with E-state index >= 15 is 0 Å². The second-order valence-electron chi connectivity index (χ2n) is 8.02. The number of carboxylic acid groups (broad SMARTS) is 4. The molecule has 0 aromatic rings. The van der Waals surface area contributed by atoms with Crippen molar-refractivity contribution in [1.29, 1.82) is 0 Å². The zero-order valence-electron chi connectivity index (χ0n) is 19.7. The van der Waals surface area contributed by atoms with Crippen molar-refractivity contribution >= 4 is 29.8 Å². The summed E-state index contributed by atoms with van der Waals surface area (Å²) in [4.78, 5) is 64.6. The monoisotopic (exact) mass is 644 g/mol. The maximum Gasteiger partial charge on any atom is 3.00 e. The molecule has 1 amide bonds. The summed E-state index contributed by atoms with van der Waals surface area (Å²) in [6, 6.07) is 0. The molecule has 1 heterocycles. The molecule has 199 valence electrons. The van der Waals surface area contributed by atoms with Gasteiger partial charge in [0.1, 0.15) is 6.54 Å². The molecular weight excluding hydrogens is 611 g/mol. The molecule has 1 saturated heterocycles. The van der Waals surface area contributed by atoms with Crippen LogP contribution in [0.3, 0.4) is 0 Å². The number of amides is 1. The average molecular weight is 644 g/mol. The Balaban J connectivity index is 0.0000116. The Hall–Kier alpha value is -1.49. The summed E-state index contributed by atoms with van der Waals surface area (Å²) in [6.07, 6.45) is 0. The minimum Gasteiger partial charge on any atom is -0.549 e. The number of nitrogens with zero attached hydrogens (tertiary/aromatic N) is 5. The zero-order valence-corrected chi connectivity index (χ0v) is 22.0. The first-order chi connectivity index (χ1) is 16.0. The number of likely N-dealkylation sites (N-methyl/N-ethyl adjacent to an activating group) is 1. The number of carbonyl (C=O) groups excluding carboxylic acids is 4. The van der Waals surface area contributed by atoms with Crippen LogP contribution in [0.4, 0.5) is 0 Å². The molecule has 1 aliphatic rings. The van der Waals surface area contributed by atoms with E-state index in [1.165, 1.54) is 9.80 Å². The molecule has 0 aromatic heterocycles. The topological polar surface area (TPSA) is 191 Å². The van der Waals surface area contributed by atoms with Crippen LogP contribution in [0.25, 0.3) is 0 Å². The molecule has 0 atom stereocenters. The Morgan fingerprint density at radius 1 is 0.657 bits per heavy atom.